The van der Waals surface area contributed by atoms with Gasteiger partial charge in [0.2, 0.25) is 0 Å². The summed E-state index contributed by atoms with van der Waals surface area (Å²) in [6.07, 6.45) is 1.38. The van der Waals surface area contributed by atoms with E-state index in [1.165, 1.54) is 4.57 Å². The lowest BCUT2D eigenvalue weighted by Crippen LogP contribution is -2.29. The number of nitrogens with zero attached hydrogens (tertiary/aromatic N) is 1. The van der Waals surface area contributed by atoms with E-state index in [1.54, 1.807) is 36.4 Å². The average Bonchev–Trinajstić information content (AvgIpc) is 2.68. The van der Waals surface area contributed by atoms with Gasteiger partial charge in [0.05, 0.1) is 21.1 Å². The number of hydrogen-bond donors (Lipinski definition) is 2. The second-order valence-electron chi connectivity index (χ2n) is 7.12. The van der Waals surface area contributed by atoms with E-state index in [1.807, 2.05) is 19.9 Å². The minimum Gasteiger partial charge on any atom is -0.502 e. The van der Waals surface area contributed by atoms with E-state index in [-0.39, 0.29) is 11.6 Å². The van der Waals surface area contributed by atoms with E-state index in [0.29, 0.717) is 40.3 Å². The minimum absolute atomic E-state index is 0.0111. The molecule has 0 unspecified atom stereocenters. The Morgan fingerprint density at radius 1 is 1.14 bits per heavy atom. The first-order valence-electron chi connectivity index (χ1n) is 9.39. The summed E-state index contributed by atoms with van der Waals surface area (Å²) in [6.45, 7) is 4.10. The van der Waals surface area contributed by atoms with Crippen LogP contribution in [0.2, 0.25) is 10.0 Å². The normalized spacial score (nSPS) is 11.2. The van der Waals surface area contributed by atoms with Crippen LogP contribution in [-0.4, -0.2) is 22.1 Å². The van der Waals surface area contributed by atoms with Crippen molar-refractivity contribution < 1.29 is 9.90 Å². The summed E-state index contributed by atoms with van der Waals surface area (Å²) in [4.78, 5) is 25.4. The topological polar surface area (TPSA) is 71.3 Å². The molecule has 2 aromatic carbocycles. The van der Waals surface area contributed by atoms with Crippen molar-refractivity contribution in [3.05, 3.63) is 74.0 Å². The molecule has 0 saturated heterocycles. The lowest BCUT2D eigenvalue weighted by atomic mass is 10.1. The molecule has 1 amide bonds. The van der Waals surface area contributed by atoms with E-state index in [4.69, 9.17) is 23.2 Å². The second-order valence-corrected chi connectivity index (χ2v) is 7.93. The summed E-state index contributed by atoms with van der Waals surface area (Å²) in [5.41, 5.74) is 1.07. The zero-order chi connectivity index (χ0) is 21.1. The molecular formula is C22H22Cl2N2O3. The van der Waals surface area contributed by atoms with E-state index < -0.39 is 17.2 Å². The van der Waals surface area contributed by atoms with Crippen molar-refractivity contribution in [3.8, 4) is 5.75 Å². The number of nitrogens with one attached hydrogen (secondary N) is 1. The Kier molecular flexibility index (Phi) is 6.50. The Bertz CT molecular complexity index is 1120. The second kappa shape index (κ2) is 8.89. The Labute approximate surface area is 178 Å². The van der Waals surface area contributed by atoms with Gasteiger partial charge in [-0.2, -0.15) is 0 Å². The first kappa shape index (κ1) is 21.2. The van der Waals surface area contributed by atoms with E-state index in [9.17, 15) is 14.7 Å². The number of hydrogen-bond acceptors (Lipinski definition) is 3. The van der Waals surface area contributed by atoms with Crippen molar-refractivity contribution in [3.63, 3.8) is 0 Å². The number of amides is 1. The zero-order valence-corrected chi connectivity index (χ0v) is 17.7. The third-order valence-corrected chi connectivity index (χ3v) is 5.49. The Morgan fingerprint density at radius 2 is 1.86 bits per heavy atom. The summed E-state index contributed by atoms with van der Waals surface area (Å²) in [7, 11) is 0. The van der Waals surface area contributed by atoms with Crippen molar-refractivity contribution >= 4 is 40.0 Å². The van der Waals surface area contributed by atoms with Gasteiger partial charge >= 0.3 is 0 Å². The number of pyridine rings is 1. The number of fused-ring (bicyclic) bond motifs is 1. The molecule has 1 aromatic heterocycles. The number of carbonyl (C=O) groups is 1. The van der Waals surface area contributed by atoms with Crippen LogP contribution in [0.4, 0.5) is 0 Å². The van der Waals surface area contributed by atoms with Gasteiger partial charge in [-0.25, -0.2) is 0 Å². The van der Waals surface area contributed by atoms with E-state index >= 15 is 0 Å². The highest BCUT2D eigenvalue weighted by atomic mass is 35.5. The molecule has 3 rings (SSSR count). The highest BCUT2D eigenvalue weighted by molar-refractivity contribution is 6.42. The van der Waals surface area contributed by atoms with Gasteiger partial charge in [0.25, 0.3) is 11.5 Å². The highest BCUT2D eigenvalue weighted by Gasteiger charge is 2.22. The summed E-state index contributed by atoms with van der Waals surface area (Å²) >= 11 is 11.9. The Hall–Kier alpha value is -2.50. The molecule has 0 fully saturated rings. The lowest BCUT2D eigenvalue weighted by molar-refractivity contribution is 0.0952. The molecule has 0 saturated carbocycles. The maximum absolute atomic E-state index is 12.8. The number of aromatic nitrogens is 1. The summed E-state index contributed by atoms with van der Waals surface area (Å²) in [5, 5.41) is 14.8. The van der Waals surface area contributed by atoms with Crippen LogP contribution in [0.3, 0.4) is 0 Å². The molecule has 0 spiro atoms. The van der Waals surface area contributed by atoms with Gasteiger partial charge in [0.15, 0.2) is 5.75 Å². The number of benzene rings is 2. The van der Waals surface area contributed by atoms with Crippen LogP contribution in [0.25, 0.3) is 10.9 Å². The fourth-order valence-electron chi connectivity index (χ4n) is 3.37. The monoisotopic (exact) mass is 432 g/mol. The number of para-hydroxylation sites is 1. The highest BCUT2D eigenvalue weighted by Crippen LogP contribution is 2.26. The standard InChI is InChI=1S/C22H22Cl2N2O3/c1-13(2)26-18-8-4-3-7-15(18)19(20(27)22(26)29)21(28)25-11-5-6-14-9-10-16(23)17(24)12-14/h3-4,7-10,12-13,27H,5-6,11H2,1-2H3,(H,25,28). The smallest absolute Gasteiger partial charge is 0.294 e. The first-order chi connectivity index (χ1) is 13.8. The number of aromatic hydroxyl groups is 1. The zero-order valence-electron chi connectivity index (χ0n) is 16.2. The molecule has 29 heavy (non-hydrogen) atoms. The molecule has 0 aliphatic rings. The molecular weight excluding hydrogens is 411 g/mol. The van der Waals surface area contributed by atoms with Crippen LogP contribution in [0, 0.1) is 0 Å². The fraction of sp³-hybridized carbons (Fsp3) is 0.273. The number of halogens is 2. The van der Waals surface area contributed by atoms with Crippen LogP contribution in [-0.2, 0) is 6.42 Å². The van der Waals surface area contributed by atoms with Gasteiger partial charge in [-0.15, -0.1) is 0 Å². The van der Waals surface area contributed by atoms with Crippen LogP contribution in [0.15, 0.2) is 47.3 Å². The minimum atomic E-state index is -0.570. The molecule has 7 heteroatoms. The number of carbonyl (C=O) groups excluding carboxylic acids is 1. The molecule has 2 N–H and O–H groups in total. The molecule has 152 valence electrons. The molecule has 5 nitrogen and oxygen atoms in total. The third-order valence-electron chi connectivity index (χ3n) is 4.75. The van der Waals surface area contributed by atoms with Crippen LogP contribution in [0.5, 0.6) is 5.75 Å². The summed E-state index contributed by atoms with van der Waals surface area (Å²) in [5.74, 6) is -1.000. The molecule has 0 radical (unpaired) electrons. The third kappa shape index (κ3) is 4.41. The van der Waals surface area contributed by atoms with E-state index in [0.717, 1.165) is 5.56 Å². The maximum atomic E-state index is 12.8. The SMILES string of the molecule is CC(C)n1c(=O)c(O)c(C(=O)NCCCc2ccc(Cl)c(Cl)c2)c2ccccc21. The molecule has 1 heterocycles. The quantitative estimate of drug-likeness (QED) is 0.540. The molecule has 0 aliphatic heterocycles. The van der Waals surface area contributed by atoms with Crippen LogP contribution in [0.1, 0.15) is 42.2 Å². The van der Waals surface area contributed by atoms with E-state index in [2.05, 4.69) is 5.32 Å². The van der Waals surface area contributed by atoms with Crippen LogP contribution < -0.4 is 10.9 Å². The van der Waals surface area contributed by atoms with Gasteiger partial charge in [0, 0.05) is 18.0 Å². The lowest BCUT2D eigenvalue weighted by Gasteiger charge is -2.17. The average molecular weight is 433 g/mol. The van der Waals surface area contributed by atoms with Crippen molar-refractivity contribution in [1.82, 2.24) is 9.88 Å². The maximum Gasteiger partial charge on any atom is 0.294 e. The predicted molar refractivity (Wildman–Crippen MR) is 117 cm³/mol. The fourth-order valence-corrected chi connectivity index (χ4v) is 3.69. The van der Waals surface area contributed by atoms with Gasteiger partial charge in [-0.05, 0) is 50.5 Å². The van der Waals surface area contributed by atoms with Crippen molar-refractivity contribution in [2.45, 2.75) is 32.7 Å². The molecule has 0 aliphatic carbocycles. The van der Waals surface area contributed by atoms with Gasteiger partial charge < -0.3 is 15.0 Å². The largest absolute Gasteiger partial charge is 0.502 e. The van der Waals surface area contributed by atoms with Crippen molar-refractivity contribution in [2.75, 3.05) is 6.54 Å². The predicted octanol–water partition coefficient (Wildman–Crippen LogP) is 4.96. The van der Waals surface area contributed by atoms with Gasteiger partial charge in [-0.3, -0.25) is 9.59 Å². The van der Waals surface area contributed by atoms with Gasteiger partial charge in [0.1, 0.15) is 0 Å². The molecule has 3 aromatic rings. The number of aryl methyl sites for hydroxylation is 1. The molecule has 0 bridgehead atoms. The first-order valence-corrected chi connectivity index (χ1v) is 10.1. The number of rotatable bonds is 6. The molecule has 0 atom stereocenters. The summed E-state index contributed by atoms with van der Waals surface area (Å²) < 4.78 is 1.49. The Morgan fingerprint density at radius 3 is 2.55 bits per heavy atom. The summed E-state index contributed by atoms with van der Waals surface area (Å²) in [6, 6.07) is 12.4. The van der Waals surface area contributed by atoms with Crippen molar-refractivity contribution in [1.29, 1.82) is 0 Å². The van der Waals surface area contributed by atoms with Crippen molar-refractivity contribution in [2.24, 2.45) is 0 Å². The Balaban J connectivity index is 1.79. The van der Waals surface area contributed by atoms with Gasteiger partial charge in [-0.1, -0.05) is 47.5 Å². The van der Waals surface area contributed by atoms with Crippen LogP contribution >= 0.6 is 23.2 Å².